The number of aromatic nitrogens is 2. The van der Waals surface area contributed by atoms with E-state index in [1.165, 1.54) is 17.9 Å². The summed E-state index contributed by atoms with van der Waals surface area (Å²) in [5, 5.41) is 9.12. The number of methoxy groups -OCH3 is 3. The minimum atomic E-state index is -1.39. The molecule has 52 heavy (non-hydrogen) atoms. The number of carboxylic acids is 1. The number of nitrogens with zero attached hydrogens (tertiary/aromatic N) is 1. The van der Waals surface area contributed by atoms with Gasteiger partial charge in [0.2, 0.25) is 0 Å². The van der Waals surface area contributed by atoms with E-state index in [9.17, 15) is 19.2 Å². The third-order valence-electron chi connectivity index (χ3n) is 8.74. The number of aliphatic carboxylic acids is 1. The highest BCUT2D eigenvalue weighted by atomic mass is 16.6. The number of nitrogens with one attached hydrogen (secondary N) is 1. The summed E-state index contributed by atoms with van der Waals surface area (Å²) in [6, 6.07) is 24.2. The second-order valence-corrected chi connectivity index (χ2v) is 12.0. The van der Waals surface area contributed by atoms with Gasteiger partial charge in [0.25, 0.3) is 5.56 Å². The maximum atomic E-state index is 13.3. The fourth-order valence-electron chi connectivity index (χ4n) is 6.12. The smallest absolute Gasteiger partial charge is 0.330 e. The van der Waals surface area contributed by atoms with Crippen LogP contribution in [0.25, 0.3) is 0 Å². The highest BCUT2D eigenvalue weighted by Crippen LogP contribution is 2.46. The van der Waals surface area contributed by atoms with E-state index >= 15 is 0 Å². The summed E-state index contributed by atoms with van der Waals surface area (Å²) < 4.78 is 43.3. The van der Waals surface area contributed by atoms with Crippen LogP contribution in [0.15, 0.2) is 94.6 Å². The lowest BCUT2D eigenvalue weighted by atomic mass is 9.79. The Bertz CT molecular complexity index is 1860. The summed E-state index contributed by atoms with van der Waals surface area (Å²) in [5.41, 5.74) is -0.346. The van der Waals surface area contributed by atoms with E-state index in [-0.39, 0.29) is 31.8 Å². The lowest BCUT2D eigenvalue weighted by molar-refractivity contribution is -0.157. The second kappa shape index (κ2) is 17.3. The predicted molar refractivity (Wildman–Crippen MR) is 187 cm³/mol. The van der Waals surface area contributed by atoms with Gasteiger partial charge in [-0.2, -0.15) is 0 Å². The van der Waals surface area contributed by atoms with Crippen molar-refractivity contribution in [2.75, 3.05) is 41.2 Å². The zero-order valence-corrected chi connectivity index (χ0v) is 29.3. The van der Waals surface area contributed by atoms with Crippen molar-refractivity contribution in [2.24, 2.45) is 0 Å². The molecule has 1 aliphatic rings. The summed E-state index contributed by atoms with van der Waals surface area (Å²) in [6.45, 7) is 1.42. The molecule has 5 rings (SSSR count). The molecule has 4 atom stereocenters. The van der Waals surface area contributed by atoms with Gasteiger partial charge in [-0.15, -0.1) is 0 Å². The van der Waals surface area contributed by atoms with Gasteiger partial charge < -0.3 is 38.3 Å². The van der Waals surface area contributed by atoms with Gasteiger partial charge in [-0.3, -0.25) is 23.9 Å². The third-order valence-corrected chi connectivity index (χ3v) is 8.74. The first-order chi connectivity index (χ1) is 25.1. The van der Waals surface area contributed by atoms with E-state index in [0.717, 1.165) is 5.56 Å². The molecule has 0 unspecified atom stereocenters. The number of H-pyrrole nitrogens is 1. The summed E-state index contributed by atoms with van der Waals surface area (Å²) in [7, 11) is 4.66. The highest BCUT2D eigenvalue weighted by molar-refractivity contribution is 5.76. The Morgan fingerprint density at radius 1 is 0.827 bits per heavy atom. The van der Waals surface area contributed by atoms with Crippen LogP contribution in [0.3, 0.4) is 0 Å². The molecule has 1 fully saturated rings. The Hall–Kier alpha value is -5.28. The molecule has 1 saturated heterocycles. The van der Waals surface area contributed by atoms with Crippen LogP contribution in [-0.4, -0.2) is 86.1 Å². The average molecular weight is 719 g/mol. The fraction of sp³-hybridized carbons (Fsp3) is 0.368. The van der Waals surface area contributed by atoms with Gasteiger partial charge in [0.15, 0.2) is 6.23 Å². The number of aryl methyl sites for hydroxylation is 1. The van der Waals surface area contributed by atoms with Crippen LogP contribution in [0.5, 0.6) is 11.5 Å². The lowest BCUT2D eigenvalue weighted by Crippen LogP contribution is -2.47. The molecule has 0 bridgehead atoms. The van der Waals surface area contributed by atoms with Crippen molar-refractivity contribution in [3.8, 4) is 11.5 Å². The monoisotopic (exact) mass is 718 g/mol. The van der Waals surface area contributed by atoms with Crippen LogP contribution in [-0.2, 0) is 38.9 Å². The fourth-order valence-corrected chi connectivity index (χ4v) is 6.12. The molecule has 0 radical (unpaired) electrons. The molecule has 4 aromatic rings. The minimum absolute atomic E-state index is 0.0620. The van der Waals surface area contributed by atoms with E-state index in [0.29, 0.717) is 22.6 Å². The van der Waals surface area contributed by atoms with E-state index in [2.05, 4.69) is 4.98 Å². The summed E-state index contributed by atoms with van der Waals surface area (Å²) in [5.74, 6) is -0.683. The number of benzene rings is 3. The largest absolute Gasteiger partial charge is 0.497 e. The maximum absolute atomic E-state index is 13.3. The molecule has 1 aromatic heterocycles. The highest BCUT2D eigenvalue weighted by Gasteiger charge is 2.53. The molecular weight excluding hydrogens is 676 g/mol. The zero-order valence-electron chi connectivity index (χ0n) is 29.3. The average Bonchev–Trinajstić information content (AvgIpc) is 3.49. The van der Waals surface area contributed by atoms with E-state index < -0.39 is 59.7 Å². The topological polar surface area (TPSA) is 174 Å². The molecule has 2 heterocycles. The van der Waals surface area contributed by atoms with Crippen molar-refractivity contribution in [2.45, 2.75) is 49.9 Å². The number of carbonyl (C=O) groups is 2. The molecule has 0 amide bonds. The first-order valence-corrected chi connectivity index (χ1v) is 16.6. The zero-order chi connectivity index (χ0) is 37.3. The van der Waals surface area contributed by atoms with Gasteiger partial charge in [-0.25, -0.2) is 4.79 Å². The normalized spacial score (nSPS) is 18.5. The van der Waals surface area contributed by atoms with Gasteiger partial charge in [0, 0.05) is 18.9 Å². The standard InChI is InChI=1S/C38H42N2O12/c1-24-22-40(37(45)39-35(24)44)36-34(49-21-20-46-2)33(30(51-36)23-50-32(43)19-18-31(41)42)52-38(25-8-6-5-7-9-25,26-10-14-28(47-3)15-11-26)27-12-16-29(48-4)17-13-27/h5-17,22,30,33-34,36H,18-21,23H2,1-4H3,(H,41,42)(H,39,44,45)/t30-,33-,34-,36-/m1/s1. The van der Waals surface area contributed by atoms with Gasteiger partial charge in [0.05, 0.1) is 40.3 Å². The molecule has 14 nitrogen and oxygen atoms in total. The van der Waals surface area contributed by atoms with E-state index in [4.69, 9.17) is 38.3 Å². The first kappa shape index (κ1) is 38.0. The lowest BCUT2D eigenvalue weighted by Gasteiger charge is -2.40. The Kier molecular flexibility index (Phi) is 12.6. The number of hydrogen-bond donors (Lipinski definition) is 2. The number of rotatable bonds is 17. The van der Waals surface area contributed by atoms with Crippen LogP contribution < -0.4 is 20.7 Å². The summed E-state index contributed by atoms with van der Waals surface area (Å²) in [4.78, 5) is 51.8. The molecule has 14 heteroatoms. The van der Waals surface area contributed by atoms with E-state index in [1.54, 1.807) is 21.1 Å². The quantitative estimate of drug-likeness (QED) is 0.0925. The Labute approximate surface area is 299 Å². The Balaban J connectivity index is 1.71. The molecule has 0 spiro atoms. The first-order valence-electron chi connectivity index (χ1n) is 16.6. The molecule has 3 aromatic carbocycles. The van der Waals surface area contributed by atoms with Crippen molar-refractivity contribution in [3.05, 3.63) is 128 Å². The van der Waals surface area contributed by atoms with Crippen molar-refractivity contribution in [3.63, 3.8) is 0 Å². The number of aromatic amines is 1. The van der Waals surface area contributed by atoms with Crippen molar-refractivity contribution in [1.29, 1.82) is 0 Å². The number of carboxylic acid groups (broad SMARTS) is 1. The summed E-state index contributed by atoms with van der Waals surface area (Å²) >= 11 is 0. The predicted octanol–water partition coefficient (Wildman–Crippen LogP) is 3.58. The number of esters is 1. The van der Waals surface area contributed by atoms with Gasteiger partial charge >= 0.3 is 17.6 Å². The van der Waals surface area contributed by atoms with Crippen LogP contribution in [0.4, 0.5) is 0 Å². The molecule has 1 aliphatic heterocycles. The Morgan fingerprint density at radius 3 is 1.98 bits per heavy atom. The molecule has 2 N–H and O–H groups in total. The number of carbonyl (C=O) groups excluding carboxylic acids is 1. The van der Waals surface area contributed by atoms with Crippen LogP contribution in [0, 0.1) is 6.92 Å². The SMILES string of the molecule is COCCO[C@@H]1[C@H](OC(c2ccccc2)(c2ccc(OC)cc2)c2ccc(OC)cc2)[C@@H](COC(=O)CCC(=O)O)O[C@H]1n1cc(C)c(=O)[nH]c1=O. The molecule has 276 valence electrons. The van der Waals surface area contributed by atoms with Crippen molar-refractivity contribution in [1.82, 2.24) is 9.55 Å². The van der Waals surface area contributed by atoms with Gasteiger partial charge in [-0.1, -0.05) is 54.6 Å². The number of hydrogen-bond acceptors (Lipinski definition) is 11. The van der Waals surface area contributed by atoms with Crippen LogP contribution >= 0.6 is 0 Å². The minimum Gasteiger partial charge on any atom is -0.497 e. The van der Waals surface area contributed by atoms with E-state index in [1.807, 2.05) is 78.9 Å². The van der Waals surface area contributed by atoms with Crippen LogP contribution in [0.1, 0.15) is 41.3 Å². The third kappa shape index (κ3) is 8.43. The second-order valence-electron chi connectivity index (χ2n) is 12.0. The van der Waals surface area contributed by atoms with Crippen molar-refractivity contribution >= 4 is 11.9 Å². The van der Waals surface area contributed by atoms with Gasteiger partial charge in [0.1, 0.15) is 42.0 Å². The Morgan fingerprint density at radius 2 is 1.42 bits per heavy atom. The number of ether oxygens (including phenoxy) is 7. The molecular formula is C38H42N2O12. The summed E-state index contributed by atoms with van der Waals surface area (Å²) in [6.07, 6.45) is -3.77. The maximum Gasteiger partial charge on any atom is 0.330 e. The van der Waals surface area contributed by atoms with Crippen molar-refractivity contribution < 1.29 is 47.9 Å². The molecule has 0 aliphatic carbocycles. The molecule has 0 saturated carbocycles. The van der Waals surface area contributed by atoms with Crippen LogP contribution in [0.2, 0.25) is 0 Å². The van der Waals surface area contributed by atoms with Gasteiger partial charge in [-0.05, 0) is 47.9 Å².